The quantitative estimate of drug-likeness (QED) is 0.215. The number of amides is 1. The monoisotopic (exact) mass is 540 g/mol. The second-order valence-electron chi connectivity index (χ2n) is 10.2. The summed E-state index contributed by atoms with van der Waals surface area (Å²) in [6.07, 6.45) is 5.56. The van der Waals surface area contributed by atoms with Gasteiger partial charge in [-0.15, -0.1) is 10.2 Å². The highest BCUT2D eigenvalue weighted by Gasteiger charge is 2.27. The third-order valence-electron chi connectivity index (χ3n) is 7.23. The third kappa shape index (κ3) is 6.90. The Balaban J connectivity index is 1.32. The molecule has 6 nitrogen and oxygen atoms in total. The molecule has 5 rings (SSSR count). The predicted molar refractivity (Wildman–Crippen MR) is 156 cm³/mol. The van der Waals surface area contributed by atoms with Crippen LogP contribution in [0.25, 0.3) is 0 Å². The van der Waals surface area contributed by atoms with Gasteiger partial charge in [-0.2, -0.15) is 0 Å². The van der Waals surface area contributed by atoms with Crippen molar-refractivity contribution in [3.05, 3.63) is 107 Å². The van der Waals surface area contributed by atoms with Gasteiger partial charge in [0.2, 0.25) is 5.91 Å². The van der Waals surface area contributed by atoms with E-state index < -0.39 is 0 Å². The fourth-order valence-corrected chi connectivity index (χ4v) is 6.03. The topological polar surface area (TPSA) is 69.0 Å². The van der Waals surface area contributed by atoms with Crippen LogP contribution in [0.3, 0.4) is 0 Å². The average molecular weight is 541 g/mol. The van der Waals surface area contributed by atoms with Crippen LogP contribution in [-0.4, -0.2) is 26.4 Å². The molecular formula is C32H36N4O2S. The Labute approximate surface area is 235 Å². The third-order valence-corrected chi connectivity index (χ3v) is 8.17. The molecule has 202 valence electrons. The standard InChI is InChI=1S/C32H36N4O2S/c1-23-18-20-28(21-19-23)38-24(2)31-34-35-32(36(31)27-16-10-5-11-17-27)39-22-29(37)33-30(25-12-6-3-7-13-25)26-14-8-4-9-15-26/h3-4,6-9,12-15,18-21,24,27,30H,5,10-11,16-17,22H2,1-2H3,(H,33,37). The van der Waals surface area contributed by atoms with Crippen molar-refractivity contribution in [1.29, 1.82) is 0 Å². The summed E-state index contributed by atoms with van der Waals surface area (Å²) >= 11 is 1.45. The SMILES string of the molecule is Cc1ccc(OC(C)c2nnc(SCC(=O)NC(c3ccccc3)c3ccccc3)n2C2CCCCC2)cc1. The molecule has 1 aliphatic carbocycles. The molecule has 1 heterocycles. The largest absolute Gasteiger partial charge is 0.483 e. The number of nitrogens with zero attached hydrogens (tertiary/aromatic N) is 3. The van der Waals surface area contributed by atoms with Crippen molar-refractivity contribution in [2.45, 2.75) is 69.3 Å². The minimum atomic E-state index is -0.258. The molecule has 0 spiro atoms. The van der Waals surface area contributed by atoms with Crippen molar-refractivity contribution in [3.63, 3.8) is 0 Å². The minimum Gasteiger partial charge on any atom is -0.483 e. The van der Waals surface area contributed by atoms with Crippen LogP contribution in [-0.2, 0) is 4.79 Å². The van der Waals surface area contributed by atoms with Gasteiger partial charge in [-0.25, -0.2) is 0 Å². The van der Waals surface area contributed by atoms with Crippen molar-refractivity contribution in [2.24, 2.45) is 0 Å². The Morgan fingerprint density at radius 3 is 2.15 bits per heavy atom. The van der Waals surface area contributed by atoms with Gasteiger partial charge in [0.25, 0.3) is 0 Å². The molecule has 1 unspecified atom stereocenters. The number of rotatable bonds is 10. The van der Waals surface area contributed by atoms with Gasteiger partial charge in [0, 0.05) is 6.04 Å². The summed E-state index contributed by atoms with van der Waals surface area (Å²) in [6, 6.07) is 28.4. The first kappa shape index (κ1) is 27.0. The maximum Gasteiger partial charge on any atom is 0.231 e. The Bertz CT molecular complexity index is 1300. The molecule has 1 saturated carbocycles. The summed E-state index contributed by atoms with van der Waals surface area (Å²) in [7, 11) is 0. The number of aromatic nitrogens is 3. The average Bonchev–Trinajstić information content (AvgIpc) is 3.41. The van der Waals surface area contributed by atoms with Crippen molar-refractivity contribution >= 4 is 17.7 Å². The first-order chi connectivity index (χ1) is 19.1. The Morgan fingerprint density at radius 2 is 1.54 bits per heavy atom. The highest BCUT2D eigenvalue weighted by Crippen LogP contribution is 2.35. The van der Waals surface area contributed by atoms with E-state index in [-0.39, 0.29) is 23.8 Å². The molecule has 7 heteroatoms. The number of aryl methyl sites for hydroxylation is 1. The first-order valence-corrected chi connectivity index (χ1v) is 14.8. The van der Waals surface area contributed by atoms with Crippen molar-refractivity contribution in [2.75, 3.05) is 5.75 Å². The van der Waals surface area contributed by atoms with Crippen molar-refractivity contribution in [1.82, 2.24) is 20.1 Å². The lowest BCUT2D eigenvalue weighted by molar-refractivity contribution is -0.119. The molecule has 0 aliphatic heterocycles. The van der Waals surface area contributed by atoms with Crippen LogP contribution < -0.4 is 10.1 Å². The molecule has 3 aromatic carbocycles. The number of thioether (sulfide) groups is 1. The van der Waals surface area contributed by atoms with Gasteiger partial charge in [0.1, 0.15) is 5.75 Å². The van der Waals surface area contributed by atoms with Crippen LogP contribution in [0.4, 0.5) is 0 Å². The van der Waals surface area contributed by atoms with Crippen LogP contribution in [0.15, 0.2) is 90.1 Å². The van der Waals surface area contributed by atoms with Gasteiger partial charge in [-0.05, 0) is 49.9 Å². The number of benzene rings is 3. The second kappa shape index (κ2) is 13.0. The van der Waals surface area contributed by atoms with E-state index in [0.29, 0.717) is 6.04 Å². The smallest absolute Gasteiger partial charge is 0.231 e. The molecule has 1 aromatic heterocycles. The minimum absolute atomic E-state index is 0.0404. The maximum absolute atomic E-state index is 13.3. The molecule has 1 aliphatic rings. The molecule has 1 amide bonds. The van der Waals surface area contributed by atoms with Gasteiger partial charge >= 0.3 is 0 Å². The van der Waals surface area contributed by atoms with E-state index in [1.54, 1.807) is 0 Å². The van der Waals surface area contributed by atoms with E-state index in [1.807, 2.05) is 91.9 Å². The number of hydrogen-bond acceptors (Lipinski definition) is 5. The van der Waals surface area contributed by atoms with Gasteiger partial charge in [-0.3, -0.25) is 9.36 Å². The Hall–Kier alpha value is -3.58. The zero-order chi connectivity index (χ0) is 27.0. The van der Waals surface area contributed by atoms with Gasteiger partial charge < -0.3 is 10.1 Å². The lowest BCUT2D eigenvalue weighted by Gasteiger charge is -2.27. The zero-order valence-electron chi connectivity index (χ0n) is 22.6. The van der Waals surface area contributed by atoms with Crippen LogP contribution in [0, 0.1) is 6.92 Å². The number of carbonyl (C=O) groups is 1. The van der Waals surface area contributed by atoms with E-state index in [0.717, 1.165) is 40.7 Å². The lowest BCUT2D eigenvalue weighted by Crippen LogP contribution is -2.30. The van der Waals surface area contributed by atoms with Gasteiger partial charge in [0.15, 0.2) is 17.1 Å². The fourth-order valence-electron chi connectivity index (χ4n) is 5.20. The molecule has 1 fully saturated rings. The van der Waals surface area contributed by atoms with E-state index in [4.69, 9.17) is 4.74 Å². The van der Waals surface area contributed by atoms with Crippen molar-refractivity contribution < 1.29 is 9.53 Å². The molecule has 0 saturated heterocycles. The van der Waals surface area contributed by atoms with Crippen molar-refractivity contribution in [3.8, 4) is 5.75 Å². The normalized spacial score (nSPS) is 14.7. The van der Waals surface area contributed by atoms with Gasteiger partial charge in [0.05, 0.1) is 11.8 Å². The Kier molecular flexibility index (Phi) is 8.99. The number of nitrogens with one attached hydrogen (secondary N) is 1. The molecule has 0 radical (unpaired) electrons. The van der Waals surface area contributed by atoms with E-state index in [2.05, 4.69) is 27.0 Å². The molecular weight excluding hydrogens is 504 g/mol. The number of hydrogen-bond donors (Lipinski definition) is 1. The molecule has 39 heavy (non-hydrogen) atoms. The highest BCUT2D eigenvalue weighted by atomic mass is 32.2. The van der Waals surface area contributed by atoms with Crippen LogP contribution in [0.5, 0.6) is 5.75 Å². The highest BCUT2D eigenvalue weighted by molar-refractivity contribution is 7.99. The van der Waals surface area contributed by atoms with E-state index in [1.165, 1.54) is 36.6 Å². The number of carbonyl (C=O) groups excluding carboxylic acids is 1. The van der Waals surface area contributed by atoms with Crippen LogP contribution >= 0.6 is 11.8 Å². The maximum atomic E-state index is 13.3. The van der Waals surface area contributed by atoms with Crippen LogP contribution in [0.2, 0.25) is 0 Å². The van der Waals surface area contributed by atoms with Crippen LogP contribution in [0.1, 0.15) is 79.7 Å². The summed E-state index contributed by atoms with van der Waals surface area (Å²) < 4.78 is 8.50. The lowest BCUT2D eigenvalue weighted by atomic mass is 9.95. The molecule has 0 bridgehead atoms. The second-order valence-corrected chi connectivity index (χ2v) is 11.1. The molecule has 4 aromatic rings. The van der Waals surface area contributed by atoms with E-state index >= 15 is 0 Å². The Morgan fingerprint density at radius 1 is 0.923 bits per heavy atom. The zero-order valence-corrected chi connectivity index (χ0v) is 23.4. The van der Waals surface area contributed by atoms with E-state index in [9.17, 15) is 4.79 Å². The summed E-state index contributed by atoms with van der Waals surface area (Å²) in [5, 5.41) is 13.1. The fraction of sp³-hybridized carbons (Fsp3) is 0.344. The summed E-state index contributed by atoms with van der Waals surface area (Å²) in [4.78, 5) is 13.3. The van der Waals surface area contributed by atoms with Gasteiger partial charge in [-0.1, -0.05) is 109 Å². The summed E-state index contributed by atoms with van der Waals surface area (Å²) in [5.74, 6) is 1.85. The predicted octanol–water partition coefficient (Wildman–Crippen LogP) is 7.23. The molecule has 1 N–H and O–H groups in total. The summed E-state index contributed by atoms with van der Waals surface area (Å²) in [6.45, 7) is 4.09. The first-order valence-electron chi connectivity index (χ1n) is 13.8. The number of ether oxygens (including phenoxy) is 1. The molecule has 1 atom stereocenters. The summed E-state index contributed by atoms with van der Waals surface area (Å²) in [5.41, 5.74) is 3.30.